The molecule has 0 unspecified atom stereocenters. The number of benzene rings is 1. The van der Waals surface area contributed by atoms with E-state index in [9.17, 15) is 9.18 Å². The number of nitrogens with one attached hydrogen (secondary N) is 1. The summed E-state index contributed by atoms with van der Waals surface area (Å²) < 4.78 is 14.6. The molecule has 2 aromatic rings. The van der Waals surface area contributed by atoms with Gasteiger partial charge in [-0.15, -0.1) is 5.10 Å². The number of aliphatic hydroxyl groups excluding tert-OH is 1. The third-order valence-corrected chi connectivity index (χ3v) is 3.17. The molecule has 2 N–H and O–H groups in total. The molecule has 0 saturated heterocycles. The number of halogens is 2. The lowest BCUT2D eigenvalue weighted by molar-refractivity contribution is 0.0945. The highest BCUT2D eigenvalue weighted by Crippen LogP contribution is 2.20. The van der Waals surface area contributed by atoms with E-state index in [1.807, 2.05) is 0 Å². The van der Waals surface area contributed by atoms with Crippen LogP contribution in [-0.4, -0.2) is 39.2 Å². The van der Waals surface area contributed by atoms with E-state index in [1.165, 1.54) is 22.9 Å². The lowest BCUT2D eigenvalue weighted by atomic mass is 10.2. The minimum Gasteiger partial charge on any atom is -0.396 e. The molecule has 8 heteroatoms. The van der Waals surface area contributed by atoms with E-state index in [0.717, 1.165) is 0 Å². The predicted molar refractivity (Wildman–Crippen MR) is 75.1 cm³/mol. The van der Waals surface area contributed by atoms with Crippen molar-refractivity contribution in [2.75, 3.05) is 13.2 Å². The van der Waals surface area contributed by atoms with Crippen LogP contribution in [0, 0.1) is 12.7 Å². The van der Waals surface area contributed by atoms with Crippen LogP contribution >= 0.6 is 11.6 Å². The fraction of sp³-hybridized carbons (Fsp3) is 0.308. The van der Waals surface area contributed by atoms with Crippen LogP contribution in [0.15, 0.2) is 18.2 Å². The monoisotopic (exact) mass is 312 g/mol. The van der Waals surface area contributed by atoms with Crippen molar-refractivity contribution in [2.24, 2.45) is 0 Å². The third-order valence-electron chi connectivity index (χ3n) is 2.88. The largest absolute Gasteiger partial charge is 0.396 e. The number of nitrogens with zero attached hydrogens (tertiary/aromatic N) is 3. The molecule has 0 spiro atoms. The van der Waals surface area contributed by atoms with Crippen LogP contribution < -0.4 is 5.32 Å². The van der Waals surface area contributed by atoms with Crippen molar-refractivity contribution in [1.29, 1.82) is 0 Å². The molecule has 112 valence electrons. The standard InChI is InChI=1S/C13H14ClFN4O2/c1-8-12(13(21)16-5-2-6-20)17-18-19(8)9-3-4-11(15)10(14)7-9/h3-4,7,20H,2,5-6H2,1H3,(H,16,21). The van der Waals surface area contributed by atoms with Crippen molar-refractivity contribution in [2.45, 2.75) is 13.3 Å². The molecule has 0 fully saturated rings. The number of carbonyl (C=O) groups is 1. The van der Waals surface area contributed by atoms with Crippen LogP contribution in [0.5, 0.6) is 0 Å². The zero-order valence-corrected chi connectivity index (χ0v) is 12.1. The molecule has 0 saturated carbocycles. The third kappa shape index (κ3) is 3.37. The van der Waals surface area contributed by atoms with Crippen molar-refractivity contribution in [3.05, 3.63) is 40.4 Å². The molecule has 0 aliphatic heterocycles. The van der Waals surface area contributed by atoms with Gasteiger partial charge in [0, 0.05) is 13.2 Å². The Morgan fingerprint density at radius 1 is 1.52 bits per heavy atom. The highest BCUT2D eigenvalue weighted by molar-refractivity contribution is 6.30. The summed E-state index contributed by atoms with van der Waals surface area (Å²) in [6.07, 6.45) is 0.465. The first-order valence-corrected chi connectivity index (χ1v) is 6.69. The van der Waals surface area contributed by atoms with Gasteiger partial charge in [-0.1, -0.05) is 16.8 Å². The smallest absolute Gasteiger partial charge is 0.273 e. The second-order valence-corrected chi connectivity index (χ2v) is 4.77. The summed E-state index contributed by atoms with van der Waals surface area (Å²) in [6.45, 7) is 2.03. The summed E-state index contributed by atoms with van der Waals surface area (Å²) in [5, 5.41) is 19.0. The summed E-state index contributed by atoms with van der Waals surface area (Å²) >= 11 is 5.73. The number of hydrogen-bond donors (Lipinski definition) is 2. The molecule has 1 aromatic carbocycles. The first-order valence-electron chi connectivity index (χ1n) is 6.31. The molecule has 2 rings (SSSR count). The maximum atomic E-state index is 13.2. The molecule has 0 bridgehead atoms. The minimum atomic E-state index is -0.528. The Morgan fingerprint density at radius 2 is 2.29 bits per heavy atom. The quantitative estimate of drug-likeness (QED) is 0.820. The fourth-order valence-electron chi connectivity index (χ4n) is 1.77. The van der Waals surface area contributed by atoms with Crippen molar-refractivity contribution in [1.82, 2.24) is 20.3 Å². The average molecular weight is 313 g/mol. The first-order chi connectivity index (χ1) is 10.0. The molecule has 0 radical (unpaired) electrons. The zero-order valence-electron chi connectivity index (χ0n) is 11.3. The van der Waals surface area contributed by atoms with Crippen LogP contribution in [0.2, 0.25) is 5.02 Å². The number of aliphatic hydroxyl groups is 1. The molecule has 0 aliphatic rings. The summed E-state index contributed by atoms with van der Waals surface area (Å²) in [5.74, 6) is -0.902. The van der Waals surface area contributed by atoms with Gasteiger partial charge in [0.15, 0.2) is 5.69 Å². The number of carbonyl (C=O) groups excluding carboxylic acids is 1. The Balaban J connectivity index is 2.23. The Bertz CT molecular complexity index is 660. The molecule has 1 amide bonds. The van der Waals surface area contributed by atoms with Gasteiger partial charge in [-0.25, -0.2) is 9.07 Å². The van der Waals surface area contributed by atoms with E-state index in [-0.39, 0.29) is 23.2 Å². The van der Waals surface area contributed by atoms with Crippen LogP contribution in [0.4, 0.5) is 4.39 Å². The minimum absolute atomic E-state index is 0.0000309. The summed E-state index contributed by atoms with van der Waals surface area (Å²) in [6, 6.07) is 4.13. The molecular weight excluding hydrogens is 299 g/mol. The molecule has 1 heterocycles. The van der Waals surface area contributed by atoms with E-state index >= 15 is 0 Å². The topological polar surface area (TPSA) is 80.0 Å². The molecule has 6 nitrogen and oxygen atoms in total. The van der Waals surface area contributed by atoms with Gasteiger partial charge >= 0.3 is 0 Å². The first kappa shape index (κ1) is 15.4. The molecule has 1 aromatic heterocycles. The molecule has 21 heavy (non-hydrogen) atoms. The van der Waals surface area contributed by atoms with Gasteiger partial charge < -0.3 is 10.4 Å². The highest BCUT2D eigenvalue weighted by atomic mass is 35.5. The Morgan fingerprint density at radius 3 is 2.95 bits per heavy atom. The predicted octanol–water partition coefficient (Wildman–Crippen LogP) is 1.48. The van der Waals surface area contributed by atoms with E-state index < -0.39 is 5.82 Å². The van der Waals surface area contributed by atoms with Crippen molar-refractivity contribution < 1.29 is 14.3 Å². The summed E-state index contributed by atoms with van der Waals surface area (Å²) in [7, 11) is 0. The van der Waals surface area contributed by atoms with Crippen LogP contribution in [-0.2, 0) is 0 Å². The Hall–Kier alpha value is -1.99. The van der Waals surface area contributed by atoms with E-state index in [4.69, 9.17) is 16.7 Å². The maximum Gasteiger partial charge on any atom is 0.273 e. The van der Waals surface area contributed by atoms with Gasteiger partial charge in [0.2, 0.25) is 0 Å². The van der Waals surface area contributed by atoms with Gasteiger partial charge in [-0.3, -0.25) is 4.79 Å². The number of aromatic nitrogens is 3. The van der Waals surface area contributed by atoms with Gasteiger partial charge in [-0.2, -0.15) is 0 Å². The Labute approximate surface area is 125 Å². The highest BCUT2D eigenvalue weighted by Gasteiger charge is 2.17. The summed E-state index contributed by atoms with van der Waals surface area (Å²) in [4.78, 5) is 11.9. The van der Waals surface area contributed by atoms with E-state index in [1.54, 1.807) is 6.92 Å². The maximum absolute atomic E-state index is 13.2. The Kier molecular flexibility index (Phi) is 4.87. The van der Waals surface area contributed by atoms with Gasteiger partial charge in [0.25, 0.3) is 5.91 Å². The van der Waals surface area contributed by atoms with Crippen molar-refractivity contribution >= 4 is 17.5 Å². The van der Waals surface area contributed by atoms with Crippen LogP contribution in [0.1, 0.15) is 22.6 Å². The normalized spacial score (nSPS) is 10.7. The van der Waals surface area contributed by atoms with E-state index in [2.05, 4.69) is 15.6 Å². The van der Waals surface area contributed by atoms with Gasteiger partial charge in [-0.05, 0) is 31.5 Å². The van der Waals surface area contributed by atoms with Gasteiger partial charge in [0.1, 0.15) is 5.82 Å². The fourth-order valence-corrected chi connectivity index (χ4v) is 1.94. The number of hydrogen-bond acceptors (Lipinski definition) is 4. The van der Waals surface area contributed by atoms with E-state index in [0.29, 0.717) is 24.3 Å². The second kappa shape index (κ2) is 6.64. The number of rotatable bonds is 5. The molecule has 0 aliphatic carbocycles. The molecule has 0 atom stereocenters. The SMILES string of the molecule is Cc1c(C(=O)NCCCO)nnn1-c1ccc(F)c(Cl)c1. The van der Waals surface area contributed by atoms with Gasteiger partial charge in [0.05, 0.1) is 16.4 Å². The second-order valence-electron chi connectivity index (χ2n) is 4.37. The zero-order chi connectivity index (χ0) is 15.4. The summed E-state index contributed by atoms with van der Waals surface area (Å²) in [5.41, 5.74) is 1.20. The number of amides is 1. The average Bonchev–Trinajstić information content (AvgIpc) is 2.84. The van der Waals surface area contributed by atoms with Crippen molar-refractivity contribution in [3.8, 4) is 5.69 Å². The van der Waals surface area contributed by atoms with Crippen LogP contribution in [0.3, 0.4) is 0 Å². The molecular formula is C13H14ClFN4O2. The van der Waals surface area contributed by atoms with Crippen LogP contribution in [0.25, 0.3) is 5.69 Å². The lowest BCUT2D eigenvalue weighted by Gasteiger charge is -2.05. The lowest BCUT2D eigenvalue weighted by Crippen LogP contribution is -2.26. The van der Waals surface area contributed by atoms with Crippen molar-refractivity contribution in [3.63, 3.8) is 0 Å².